The molecule has 0 saturated heterocycles. The summed E-state index contributed by atoms with van der Waals surface area (Å²) in [6.45, 7) is 9.48. The van der Waals surface area contributed by atoms with Crippen LogP contribution in [0, 0.1) is 57.3 Å². The maximum atomic E-state index is 12.6. The van der Waals surface area contributed by atoms with Gasteiger partial charge in [0.15, 0.2) is 26.4 Å². The third-order valence-corrected chi connectivity index (χ3v) is 15.9. The van der Waals surface area contributed by atoms with Gasteiger partial charge in [-0.2, -0.15) is 25.8 Å². The molecule has 8 aromatic heterocycles. The van der Waals surface area contributed by atoms with E-state index in [-0.39, 0.29) is 138 Å². The van der Waals surface area contributed by atoms with Gasteiger partial charge < -0.3 is 93.5 Å². The molecule has 0 unspecified atom stereocenters. The van der Waals surface area contributed by atoms with Crippen molar-refractivity contribution in [1.82, 2.24) is 64.9 Å². The number of aromatic nitrogens is 11. The molecular formula is C79H86N21NaO17. The average Bonchev–Trinajstić information content (AvgIpc) is 0.859. The molecule has 0 saturated carbocycles. The summed E-state index contributed by atoms with van der Waals surface area (Å²) in [6, 6.07) is 40.1. The number of carboxylic acids is 2. The molecule has 2 amide bonds. The second-order valence-electron chi connectivity index (χ2n) is 24.5. The molecule has 39 heteroatoms. The minimum Gasteiger partial charge on any atom is -0.871 e. The van der Waals surface area contributed by atoms with Gasteiger partial charge >= 0.3 is 59.4 Å². The molecule has 610 valence electrons. The fraction of sp³-hybridized carbons (Fsp3) is 0.228. The number of methoxy groups -OCH3 is 3. The molecule has 0 aliphatic rings. The minimum absolute atomic E-state index is 0. The van der Waals surface area contributed by atoms with E-state index in [0.29, 0.717) is 87.7 Å². The molecule has 0 aliphatic carbocycles. The third-order valence-electron chi connectivity index (χ3n) is 15.9. The van der Waals surface area contributed by atoms with Crippen molar-refractivity contribution in [1.29, 1.82) is 10.5 Å². The van der Waals surface area contributed by atoms with E-state index in [1.54, 1.807) is 67.1 Å². The van der Waals surface area contributed by atoms with Crippen LogP contribution >= 0.6 is 0 Å². The van der Waals surface area contributed by atoms with Gasteiger partial charge in [-0.05, 0) is 57.4 Å². The molecular weight excluding hydrogens is 1540 g/mol. The Balaban J connectivity index is 0.000000261. The first kappa shape index (κ1) is 93.9. The monoisotopic (exact) mass is 1620 g/mol. The smallest absolute Gasteiger partial charge is 0.871 e. The number of carboxylic acid groups (broad SMARTS) is 2. The summed E-state index contributed by atoms with van der Waals surface area (Å²) in [5.74, 6) is -2.02. The quantitative estimate of drug-likeness (QED) is 0.0211. The number of aryl methyl sites for hydroxylation is 5. The number of aliphatic carboxylic acids is 1. The maximum absolute atomic E-state index is 12.6. The van der Waals surface area contributed by atoms with Crippen LogP contribution in [0.4, 0.5) is 29.1 Å². The summed E-state index contributed by atoms with van der Waals surface area (Å²) >= 11 is 0. The fourth-order valence-electron chi connectivity index (χ4n) is 10.1. The second kappa shape index (κ2) is 47.7. The van der Waals surface area contributed by atoms with Crippen molar-refractivity contribution in [3.05, 3.63) is 248 Å². The average molecular weight is 1620 g/mol. The van der Waals surface area contributed by atoms with Gasteiger partial charge in [0.1, 0.15) is 69.8 Å². The predicted octanol–water partition coefficient (Wildman–Crippen LogP) is 2.24. The number of carbonyl (C=O) groups excluding carboxylic acids is 5. The van der Waals surface area contributed by atoms with Crippen LogP contribution in [0.3, 0.4) is 0 Å². The van der Waals surface area contributed by atoms with Gasteiger partial charge in [-0.25, -0.2) is 48.9 Å². The Morgan fingerprint density at radius 2 is 0.746 bits per heavy atom. The van der Waals surface area contributed by atoms with E-state index in [2.05, 4.69) is 65.1 Å². The molecule has 0 spiro atoms. The van der Waals surface area contributed by atoms with E-state index in [0.717, 1.165) is 28.3 Å². The van der Waals surface area contributed by atoms with Crippen molar-refractivity contribution in [2.45, 2.75) is 73.9 Å². The molecule has 118 heavy (non-hydrogen) atoms. The summed E-state index contributed by atoms with van der Waals surface area (Å²) in [5.41, 5.74) is 42.6. The normalized spacial score (nSPS) is 9.99. The van der Waals surface area contributed by atoms with Gasteiger partial charge in [0.05, 0.1) is 93.2 Å². The van der Waals surface area contributed by atoms with Crippen LogP contribution in [0.2, 0.25) is 0 Å². The molecule has 16 N–H and O–H groups in total. The number of hydrogen-bond donors (Lipinski definition) is 10. The Kier molecular flexibility index (Phi) is 38.0. The van der Waals surface area contributed by atoms with Crippen LogP contribution in [-0.4, -0.2) is 154 Å². The molecule has 11 rings (SSSR count). The molecule has 0 bridgehead atoms. The van der Waals surface area contributed by atoms with Crippen LogP contribution in [0.25, 0.3) is 0 Å². The third kappa shape index (κ3) is 30.6. The zero-order chi connectivity index (χ0) is 85.7. The molecule has 0 radical (unpaired) electrons. The number of benzene rings is 3. The van der Waals surface area contributed by atoms with Crippen molar-refractivity contribution >= 4 is 70.8 Å². The molecule has 3 aromatic carbocycles. The number of nitriles is 2. The van der Waals surface area contributed by atoms with Crippen LogP contribution in [0.1, 0.15) is 104 Å². The van der Waals surface area contributed by atoms with E-state index in [9.17, 15) is 38.7 Å². The number of esters is 3. The summed E-state index contributed by atoms with van der Waals surface area (Å²) < 4.78 is 39.6. The molecule has 11 aromatic rings. The van der Waals surface area contributed by atoms with Crippen LogP contribution in [-0.2, 0) is 72.7 Å². The molecule has 38 nitrogen and oxygen atoms in total. The Hall–Kier alpha value is -14.7. The summed E-state index contributed by atoms with van der Waals surface area (Å²) in [7, 11) is 3.82. The zero-order valence-corrected chi connectivity index (χ0v) is 67.9. The SMILES string of the molecule is COC(=O)COc1cc(N)nc(C)c1C#N.COC(=O)COc1cc(N)nc(C)c1CN.COC(=O)COc1cc(N)nc(C)c1CNC(=O)c1cnn(Cc2ccccc2)c1.Cc1nc(N)cc(OCC(=O)O)c1CNC(=O)c1cnn(Cc2ccccc2)c1.Cc1nc(N)cc([O-])c1C#N.O=C(O)c1cnn(Cc2ccccc2)c1.[Na+]. The number of hydrogen-bond acceptors (Lipinski definition) is 31. The Morgan fingerprint density at radius 3 is 1.08 bits per heavy atom. The van der Waals surface area contributed by atoms with Gasteiger partial charge in [0.2, 0.25) is 0 Å². The predicted molar refractivity (Wildman–Crippen MR) is 422 cm³/mol. The van der Waals surface area contributed by atoms with Gasteiger partial charge in [0, 0.05) is 96.3 Å². The number of amides is 2. The fourth-order valence-corrected chi connectivity index (χ4v) is 10.1. The molecule has 8 heterocycles. The second-order valence-corrected chi connectivity index (χ2v) is 24.5. The first-order chi connectivity index (χ1) is 55.9. The standard InChI is InChI=1S/C21H23N5O4.C20H21N5O4.C11H10N2O2.C10H15N3O3.C10H11N3O3.C7H7N3O.Na/c1-14-17(18(8-19(22)25-14)30-13-20(27)29-2)10-23-21(28)16-9-24-26(12-16)11-15-6-4-3-5-7-15;1-13-16(17(7-18(21)24-13)29-12-19(26)27)9-22-20(28)15-8-23-25(11-15)10-14-5-3-2-4-6-14;14-11(15)10-6-12-13(8-10)7-9-4-2-1-3-5-9;2*1-6-7(4-11)8(3-9(12)13-6)16-5-10(14)15-2;1-4-5(3-8)6(11)2-7(9)10-4;/h3-9,12H,10-11,13H2,1-2H3,(H2,22,25)(H,23,28);2-8,11H,9-10,12H2,1H3,(H2,21,24)(H,22,28)(H,26,27);1-6,8H,7H2,(H,14,15);3H,4-5,11H2,1-2H3,(H2,12,13);3H,5H2,1-2H3,(H2,12,13);2H,1H3,(H3,9,10,11);/q;;;;;;+1/p-1. The number of nitrogen functional groups attached to an aromatic ring is 5. The first-order valence-electron chi connectivity index (χ1n) is 34.9. The van der Waals surface area contributed by atoms with E-state index >= 15 is 0 Å². The number of carbonyl (C=O) groups is 7. The van der Waals surface area contributed by atoms with Gasteiger partial charge in [-0.1, -0.05) is 96.7 Å². The summed E-state index contributed by atoms with van der Waals surface area (Å²) in [5, 5.41) is 63.9. The van der Waals surface area contributed by atoms with Crippen molar-refractivity contribution in [2.75, 3.05) is 76.4 Å². The van der Waals surface area contributed by atoms with Crippen LogP contribution in [0.5, 0.6) is 28.7 Å². The minimum atomic E-state index is -1.11. The number of pyridine rings is 5. The Bertz CT molecular complexity index is 5290. The number of rotatable bonds is 26. The largest absolute Gasteiger partial charge is 1.00 e. The van der Waals surface area contributed by atoms with E-state index in [4.69, 9.17) is 74.1 Å². The summed E-state index contributed by atoms with van der Waals surface area (Å²) in [6.07, 6.45) is 9.24. The van der Waals surface area contributed by atoms with E-state index < -0.39 is 36.5 Å². The van der Waals surface area contributed by atoms with Gasteiger partial charge in [-0.3, -0.25) is 23.6 Å². The number of nitrogens with one attached hydrogen (secondary N) is 2. The van der Waals surface area contributed by atoms with E-state index in [1.807, 2.05) is 97.1 Å². The van der Waals surface area contributed by atoms with Crippen molar-refractivity contribution in [3.8, 4) is 40.9 Å². The number of anilines is 5. The van der Waals surface area contributed by atoms with Gasteiger partial charge in [0.25, 0.3) is 11.8 Å². The number of ether oxygens (including phenoxy) is 7. The van der Waals surface area contributed by atoms with E-state index in [1.165, 1.54) is 70.4 Å². The Morgan fingerprint density at radius 1 is 0.441 bits per heavy atom. The van der Waals surface area contributed by atoms with Crippen molar-refractivity contribution < 1.29 is 112 Å². The van der Waals surface area contributed by atoms with Crippen molar-refractivity contribution in [3.63, 3.8) is 0 Å². The first-order valence-corrected chi connectivity index (χ1v) is 34.9. The Labute approximate surface area is 698 Å². The molecule has 0 fully saturated rings. The number of nitrogens with zero attached hydrogens (tertiary/aromatic N) is 13. The van der Waals surface area contributed by atoms with Crippen LogP contribution < -0.4 is 98.6 Å². The maximum Gasteiger partial charge on any atom is 1.00 e. The van der Waals surface area contributed by atoms with Crippen molar-refractivity contribution in [2.24, 2.45) is 5.73 Å². The topological polar surface area (TPSA) is 593 Å². The van der Waals surface area contributed by atoms with Gasteiger partial charge in [-0.15, -0.1) is 0 Å². The van der Waals surface area contributed by atoms with Crippen LogP contribution in [0.15, 0.2) is 159 Å². The summed E-state index contributed by atoms with van der Waals surface area (Å²) in [4.78, 5) is 99.7. The molecule has 0 aliphatic heterocycles. The zero-order valence-electron chi connectivity index (χ0n) is 65.9. The molecule has 0 atom stereocenters. The number of aromatic carboxylic acids is 1. The number of nitrogens with two attached hydrogens (primary N) is 6.